The van der Waals surface area contributed by atoms with Crippen molar-refractivity contribution in [1.29, 1.82) is 0 Å². The lowest BCUT2D eigenvalue weighted by Gasteiger charge is -2.45. The van der Waals surface area contributed by atoms with Gasteiger partial charge in [-0.05, 0) is 44.9 Å². The van der Waals surface area contributed by atoms with Gasteiger partial charge in [0.2, 0.25) is 5.91 Å². The smallest absolute Gasteiger partial charge is 0.229 e. The number of nitrogens with one attached hydrogen (secondary N) is 1. The van der Waals surface area contributed by atoms with Crippen LogP contribution in [0, 0.1) is 0 Å². The molecule has 0 aromatic heterocycles. The van der Waals surface area contributed by atoms with Crippen molar-refractivity contribution >= 4 is 17.7 Å². The Balaban J connectivity index is 2.11. The maximum Gasteiger partial charge on any atom is 0.229 e. The van der Waals surface area contributed by atoms with E-state index in [4.69, 9.17) is 4.74 Å². The predicted molar refractivity (Wildman–Crippen MR) is 93.4 cm³/mol. The number of rotatable bonds is 6. The predicted octanol–water partition coefficient (Wildman–Crippen LogP) is 3.38. The molecule has 2 rings (SSSR count). The second kappa shape index (κ2) is 7.51. The van der Waals surface area contributed by atoms with Gasteiger partial charge in [0.05, 0.1) is 11.4 Å². The zero-order chi connectivity index (χ0) is 16.1. The molecule has 1 N–H and O–H groups in total. The van der Waals surface area contributed by atoms with E-state index in [2.05, 4.69) is 49.5 Å². The molecule has 0 aliphatic carbocycles. The highest BCUT2D eigenvalue weighted by Crippen LogP contribution is 2.43. The number of carbonyl (C=O) groups is 1. The molecular weight excluding hydrogens is 294 g/mol. The topological polar surface area (TPSA) is 38.3 Å². The fourth-order valence-corrected chi connectivity index (χ4v) is 3.86. The molecule has 1 aliphatic rings. The van der Waals surface area contributed by atoms with Gasteiger partial charge in [0, 0.05) is 18.6 Å². The van der Waals surface area contributed by atoms with Crippen molar-refractivity contribution in [3.05, 3.63) is 35.9 Å². The van der Waals surface area contributed by atoms with Gasteiger partial charge in [0.1, 0.15) is 0 Å². The summed E-state index contributed by atoms with van der Waals surface area (Å²) in [5.41, 5.74) is 1.35. The van der Waals surface area contributed by atoms with Crippen LogP contribution in [0.1, 0.15) is 38.7 Å². The van der Waals surface area contributed by atoms with Crippen molar-refractivity contribution in [1.82, 2.24) is 5.32 Å². The Bertz CT molecular complexity index is 489. The maximum absolute atomic E-state index is 11.7. The molecule has 1 atom stereocenters. The first-order valence-electron chi connectivity index (χ1n) is 7.93. The summed E-state index contributed by atoms with van der Waals surface area (Å²) in [6.07, 6.45) is 4.91. The van der Waals surface area contributed by atoms with Crippen molar-refractivity contribution in [2.24, 2.45) is 0 Å². The van der Waals surface area contributed by atoms with E-state index >= 15 is 0 Å². The van der Waals surface area contributed by atoms with Gasteiger partial charge in [-0.25, -0.2) is 0 Å². The third-order valence-electron chi connectivity index (χ3n) is 4.42. The third-order valence-corrected chi connectivity index (χ3v) is 4.98. The van der Waals surface area contributed by atoms with Crippen LogP contribution >= 0.6 is 11.8 Å². The lowest BCUT2D eigenvalue weighted by Crippen LogP contribution is -2.45. The first-order chi connectivity index (χ1) is 10.5. The molecule has 1 heterocycles. The van der Waals surface area contributed by atoms with Crippen LogP contribution in [-0.2, 0) is 14.9 Å². The summed E-state index contributed by atoms with van der Waals surface area (Å²) in [6, 6.07) is 10.7. The lowest BCUT2D eigenvalue weighted by molar-refractivity contribution is -0.118. The van der Waals surface area contributed by atoms with E-state index < -0.39 is 0 Å². The Hall–Kier alpha value is -1.00. The molecule has 22 heavy (non-hydrogen) atoms. The van der Waals surface area contributed by atoms with E-state index in [1.54, 1.807) is 11.8 Å². The van der Waals surface area contributed by atoms with Crippen molar-refractivity contribution in [3.8, 4) is 0 Å². The van der Waals surface area contributed by atoms with E-state index in [0.29, 0.717) is 5.75 Å². The van der Waals surface area contributed by atoms with Crippen LogP contribution in [0.2, 0.25) is 0 Å². The van der Waals surface area contributed by atoms with Gasteiger partial charge in [0.25, 0.3) is 0 Å². The van der Waals surface area contributed by atoms with Crippen molar-refractivity contribution in [2.45, 2.75) is 44.1 Å². The zero-order valence-corrected chi connectivity index (χ0v) is 14.7. The van der Waals surface area contributed by atoms with E-state index in [1.165, 1.54) is 5.56 Å². The number of benzene rings is 1. The monoisotopic (exact) mass is 321 g/mol. The van der Waals surface area contributed by atoms with Gasteiger partial charge in [-0.15, -0.1) is 0 Å². The van der Waals surface area contributed by atoms with E-state index in [1.807, 2.05) is 6.26 Å². The number of ether oxygens (including phenoxy) is 1. The van der Waals surface area contributed by atoms with Gasteiger partial charge in [-0.3, -0.25) is 4.79 Å². The molecule has 0 saturated carbocycles. The molecule has 4 heteroatoms. The third kappa shape index (κ3) is 4.50. The molecular formula is C18H27NO2S. The molecule has 0 bridgehead atoms. The Labute approximate surface area is 138 Å². The van der Waals surface area contributed by atoms with Gasteiger partial charge in [0.15, 0.2) is 0 Å². The van der Waals surface area contributed by atoms with Crippen molar-refractivity contribution in [2.75, 3.05) is 25.2 Å². The summed E-state index contributed by atoms with van der Waals surface area (Å²) in [6.45, 7) is 5.83. The highest BCUT2D eigenvalue weighted by molar-refractivity contribution is 7.99. The molecule has 1 aliphatic heterocycles. The standard InChI is InChI=1S/C18H27NO2S/c1-17(2)14-18(10-12-21-17,15-7-5-4-6-8-15)9-11-19-16(20)13-22-3/h4-8H,9-14H2,1-3H3,(H,19,20)/t18-/m0/s1. The van der Waals surface area contributed by atoms with Gasteiger partial charge in [-0.2, -0.15) is 11.8 Å². The second-order valence-electron chi connectivity index (χ2n) is 6.71. The van der Waals surface area contributed by atoms with Crippen LogP contribution < -0.4 is 5.32 Å². The minimum atomic E-state index is -0.114. The Kier molecular flexibility index (Phi) is 5.93. The quantitative estimate of drug-likeness (QED) is 0.873. The maximum atomic E-state index is 11.7. The fraction of sp³-hybridized carbons (Fsp3) is 0.611. The average molecular weight is 321 g/mol. The van der Waals surface area contributed by atoms with Crippen LogP contribution in [0.15, 0.2) is 30.3 Å². The van der Waals surface area contributed by atoms with Crippen LogP contribution in [0.3, 0.4) is 0 Å². The highest BCUT2D eigenvalue weighted by atomic mass is 32.2. The SMILES string of the molecule is CSCC(=O)NCC[C@]1(c2ccccc2)CCOC(C)(C)C1. The summed E-state index contributed by atoms with van der Waals surface area (Å²) in [5, 5.41) is 3.05. The first kappa shape index (κ1) is 17.4. The van der Waals surface area contributed by atoms with Gasteiger partial charge < -0.3 is 10.1 Å². The molecule has 1 saturated heterocycles. The molecule has 122 valence electrons. The molecule has 1 aromatic rings. The molecule has 1 fully saturated rings. The molecule has 1 amide bonds. The minimum Gasteiger partial charge on any atom is -0.376 e. The minimum absolute atomic E-state index is 0.0929. The second-order valence-corrected chi connectivity index (χ2v) is 7.58. The van der Waals surface area contributed by atoms with Gasteiger partial charge in [-0.1, -0.05) is 30.3 Å². The highest BCUT2D eigenvalue weighted by Gasteiger charge is 2.41. The van der Waals surface area contributed by atoms with E-state index in [9.17, 15) is 4.79 Å². The number of hydrogen-bond acceptors (Lipinski definition) is 3. The number of thioether (sulfide) groups is 1. The van der Waals surface area contributed by atoms with Crippen LogP contribution in [-0.4, -0.2) is 36.7 Å². The van der Waals surface area contributed by atoms with Crippen molar-refractivity contribution < 1.29 is 9.53 Å². The molecule has 3 nitrogen and oxygen atoms in total. The molecule has 1 aromatic carbocycles. The summed E-state index contributed by atoms with van der Waals surface area (Å²) in [5.74, 6) is 0.662. The largest absolute Gasteiger partial charge is 0.376 e. The van der Waals surface area contributed by atoms with E-state index in [-0.39, 0.29) is 16.9 Å². The summed E-state index contributed by atoms with van der Waals surface area (Å²) in [7, 11) is 0. The molecule has 0 radical (unpaired) electrons. The van der Waals surface area contributed by atoms with Crippen LogP contribution in [0.4, 0.5) is 0 Å². The lowest BCUT2D eigenvalue weighted by atomic mass is 9.67. The van der Waals surface area contributed by atoms with Crippen LogP contribution in [0.25, 0.3) is 0 Å². The summed E-state index contributed by atoms with van der Waals surface area (Å²) in [4.78, 5) is 11.7. The Morgan fingerprint density at radius 3 is 2.68 bits per heavy atom. The Morgan fingerprint density at radius 2 is 2.05 bits per heavy atom. The van der Waals surface area contributed by atoms with Crippen LogP contribution in [0.5, 0.6) is 0 Å². The van der Waals surface area contributed by atoms with Gasteiger partial charge >= 0.3 is 0 Å². The number of hydrogen-bond donors (Lipinski definition) is 1. The summed E-state index contributed by atoms with van der Waals surface area (Å²) >= 11 is 1.56. The number of amides is 1. The zero-order valence-electron chi connectivity index (χ0n) is 13.9. The Morgan fingerprint density at radius 1 is 1.32 bits per heavy atom. The van der Waals surface area contributed by atoms with Crippen molar-refractivity contribution in [3.63, 3.8) is 0 Å². The normalized spacial score (nSPS) is 24.0. The fourth-order valence-electron chi connectivity index (χ4n) is 3.50. The number of carbonyl (C=O) groups excluding carboxylic acids is 1. The average Bonchev–Trinajstić information content (AvgIpc) is 2.47. The summed E-state index contributed by atoms with van der Waals surface area (Å²) < 4.78 is 5.92. The molecule has 0 unspecified atom stereocenters. The molecule has 0 spiro atoms. The van der Waals surface area contributed by atoms with E-state index in [0.717, 1.165) is 32.4 Å². The first-order valence-corrected chi connectivity index (χ1v) is 9.32.